The van der Waals surface area contributed by atoms with Crippen molar-refractivity contribution in [2.75, 3.05) is 43.3 Å². The highest BCUT2D eigenvalue weighted by Gasteiger charge is 2.07. The topological polar surface area (TPSA) is 61.4 Å². The number of nitrogens with zero attached hydrogens (tertiary/aromatic N) is 4. The summed E-state index contributed by atoms with van der Waals surface area (Å²) < 4.78 is 0. The Bertz CT molecular complexity index is 605. The Morgan fingerprint density at radius 1 is 0.952 bits per heavy atom. The van der Waals surface area contributed by atoms with E-state index in [1.807, 2.05) is 45.2 Å². The lowest BCUT2D eigenvalue weighted by Crippen LogP contribution is -2.15. The van der Waals surface area contributed by atoms with Gasteiger partial charge in [-0.2, -0.15) is 0 Å². The second-order valence-corrected chi connectivity index (χ2v) is 5.06. The number of rotatable bonds is 4. The monoisotopic (exact) mass is 285 g/mol. The molecule has 110 valence electrons. The van der Waals surface area contributed by atoms with Crippen LogP contribution in [0.4, 0.5) is 17.3 Å². The molecule has 1 aromatic heterocycles. The van der Waals surface area contributed by atoms with Gasteiger partial charge in [0.05, 0.1) is 18.1 Å². The molecule has 2 aromatic rings. The number of carbonyl (C=O) groups is 1. The summed E-state index contributed by atoms with van der Waals surface area (Å²) in [5.74, 6) is 0.421. The van der Waals surface area contributed by atoms with E-state index in [0.29, 0.717) is 17.2 Å². The molecule has 0 unspecified atom stereocenters. The van der Waals surface area contributed by atoms with Crippen molar-refractivity contribution in [3.63, 3.8) is 0 Å². The Kier molecular flexibility index (Phi) is 4.37. The Hall–Kier alpha value is -2.63. The first-order valence-electron chi connectivity index (χ1n) is 6.55. The highest BCUT2D eigenvalue weighted by atomic mass is 16.1. The quantitative estimate of drug-likeness (QED) is 0.929. The lowest BCUT2D eigenvalue weighted by atomic mass is 10.2. The van der Waals surface area contributed by atoms with Crippen LogP contribution in [-0.4, -0.2) is 44.1 Å². The first-order chi connectivity index (χ1) is 9.97. The van der Waals surface area contributed by atoms with Crippen molar-refractivity contribution in [2.24, 2.45) is 0 Å². The maximum Gasteiger partial charge on any atom is 0.255 e. The molecule has 2 rings (SSSR count). The van der Waals surface area contributed by atoms with Gasteiger partial charge >= 0.3 is 0 Å². The number of anilines is 3. The SMILES string of the molecule is CN(C)c1ccc(C(=O)Nc2cnc(N(C)C)nc2)cc1. The molecule has 6 heteroatoms. The number of aromatic nitrogens is 2. The van der Waals surface area contributed by atoms with Crippen molar-refractivity contribution in [3.8, 4) is 0 Å². The highest BCUT2D eigenvalue weighted by Crippen LogP contribution is 2.14. The summed E-state index contributed by atoms with van der Waals surface area (Å²) in [5, 5.41) is 2.78. The summed E-state index contributed by atoms with van der Waals surface area (Å²) in [6.07, 6.45) is 3.18. The van der Waals surface area contributed by atoms with Gasteiger partial charge in [-0.15, -0.1) is 0 Å². The molecule has 21 heavy (non-hydrogen) atoms. The molecule has 0 bridgehead atoms. The van der Waals surface area contributed by atoms with E-state index in [2.05, 4.69) is 15.3 Å². The molecule has 1 heterocycles. The first kappa shape index (κ1) is 14.8. The normalized spacial score (nSPS) is 10.1. The molecule has 1 aromatic carbocycles. The molecule has 1 amide bonds. The molecule has 0 aliphatic rings. The van der Waals surface area contributed by atoms with Gasteiger partial charge in [0.2, 0.25) is 5.95 Å². The van der Waals surface area contributed by atoms with Crippen LogP contribution in [-0.2, 0) is 0 Å². The molecular weight excluding hydrogens is 266 g/mol. The van der Waals surface area contributed by atoms with Gasteiger partial charge in [0.15, 0.2) is 0 Å². The molecule has 0 radical (unpaired) electrons. The summed E-state index contributed by atoms with van der Waals surface area (Å²) in [6, 6.07) is 7.39. The zero-order chi connectivity index (χ0) is 15.4. The Labute approximate surface area is 124 Å². The number of hydrogen-bond acceptors (Lipinski definition) is 5. The Morgan fingerprint density at radius 3 is 2.00 bits per heavy atom. The second-order valence-electron chi connectivity index (χ2n) is 5.06. The van der Waals surface area contributed by atoms with Gasteiger partial charge in [-0.1, -0.05) is 0 Å². The molecule has 0 saturated heterocycles. The zero-order valence-electron chi connectivity index (χ0n) is 12.7. The molecule has 0 spiro atoms. The summed E-state index contributed by atoms with van der Waals surface area (Å²) >= 11 is 0. The first-order valence-corrected chi connectivity index (χ1v) is 6.55. The summed E-state index contributed by atoms with van der Waals surface area (Å²) in [5.41, 5.74) is 2.21. The van der Waals surface area contributed by atoms with Crippen molar-refractivity contribution in [3.05, 3.63) is 42.2 Å². The zero-order valence-corrected chi connectivity index (χ0v) is 12.7. The van der Waals surface area contributed by atoms with Gasteiger partial charge in [0, 0.05) is 39.4 Å². The van der Waals surface area contributed by atoms with Crippen LogP contribution < -0.4 is 15.1 Å². The number of nitrogens with one attached hydrogen (secondary N) is 1. The van der Waals surface area contributed by atoms with E-state index in [0.717, 1.165) is 5.69 Å². The smallest absolute Gasteiger partial charge is 0.255 e. The fourth-order valence-electron chi connectivity index (χ4n) is 1.73. The minimum Gasteiger partial charge on any atom is -0.378 e. The average Bonchev–Trinajstić information content (AvgIpc) is 2.47. The number of amides is 1. The molecule has 0 atom stereocenters. The van der Waals surface area contributed by atoms with Gasteiger partial charge < -0.3 is 15.1 Å². The molecule has 0 aliphatic heterocycles. The Balaban J connectivity index is 2.06. The molecule has 0 fully saturated rings. The van der Waals surface area contributed by atoms with Crippen LogP contribution in [0.1, 0.15) is 10.4 Å². The van der Waals surface area contributed by atoms with Gasteiger partial charge in [-0.05, 0) is 24.3 Å². The van der Waals surface area contributed by atoms with E-state index in [1.54, 1.807) is 29.4 Å². The number of benzene rings is 1. The maximum absolute atomic E-state index is 12.1. The minimum absolute atomic E-state index is 0.179. The fourth-order valence-corrected chi connectivity index (χ4v) is 1.73. The van der Waals surface area contributed by atoms with Crippen molar-refractivity contribution in [1.29, 1.82) is 0 Å². The van der Waals surface area contributed by atoms with E-state index in [1.165, 1.54) is 0 Å². The van der Waals surface area contributed by atoms with Crippen molar-refractivity contribution < 1.29 is 4.79 Å². The third-order valence-electron chi connectivity index (χ3n) is 2.94. The van der Waals surface area contributed by atoms with Crippen LogP contribution >= 0.6 is 0 Å². The summed E-state index contributed by atoms with van der Waals surface area (Å²) in [7, 11) is 7.64. The van der Waals surface area contributed by atoms with Crippen molar-refractivity contribution in [2.45, 2.75) is 0 Å². The van der Waals surface area contributed by atoms with E-state index >= 15 is 0 Å². The van der Waals surface area contributed by atoms with E-state index < -0.39 is 0 Å². The van der Waals surface area contributed by atoms with Gasteiger partial charge in [-0.25, -0.2) is 9.97 Å². The lowest BCUT2D eigenvalue weighted by Gasteiger charge is -2.13. The summed E-state index contributed by atoms with van der Waals surface area (Å²) in [4.78, 5) is 24.2. The van der Waals surface area contributed by atoms with Crippen molar-refractivity contribution >= 4 is 23.2 Å². The average molecular weight is 285 g/mol. The van der Waals surface area contributed by atoms with Crippen molar-refractivity contribution in [1.82, 2.24) is 9.97 Å². The van der Waals surface area contributed by atoms with Gasteiger partial charge in [-0.3, -0.25) is 4.79 Å². The van der Waals surface area contributed by atoms with Crippen LogP contribution in [0.15, 0.2) is 36.7 Å². The predicted octanol–water partition coefficient (Wildman–Crippen LogP) is 1.86. The standard InChI is InChI=1S/C15H19N5O/c1-19(2)13-7-5-11(6-8-13)14(21)18-12-9-16-15(17-10-12)20(3)4/h5-10H,1-4H3,(H,18,21). The maximum atomic E-state index is 12.1. The number of hydrogen-bond donors (Lipinski definition) is 1. The van der Waals surface area contributed by atoms with Crippen LogP contribution in [0.25, 0.3) is 0 Å². The number of carbonyl (C=O) groups excluding carboxylic acids is 1. The van der Waals surface area contributed by atoms with Gasteiger partial charge in [0.25, 0.3) is 5.91 Å². The molecular formula is C15H19N5O. The summed E-state index contributed by atoms with van der Waals surface area (Å²) in [6.45, 7) is 0. The second kappa shape index (κ2) is 6.21. The fraction of sp³-hybridized carbons (Fsp3) is 0.267. The molecule has 0 saturated carbocycles. The van der Waals surface area contributed by atoms with Gasteiger partial charge in [0.1, 0.15) is 0 Å². The van der Waals surface area contributed by atoms with Crippen LogP contribution in [0.5, 0.6) is 0 Å². The van der Waals surface area contributed by atoms with Crippen LogP contribution in [0.3, 0.4) is 0 Å². The van der Waals surface area contributed by atoms with E-state index in [9.17, 15) is 4.79 Å². The van der Waals surface area contributed by atoms with Crippen LogP contribution in [0, 0.1) is 0 Å². The van der Waals surface area contributed by atoms with Crippen LogP contribution in [0.2, 0.25) is 0 Å². The Morgan fingerprint density at radius 2 is 1.52 bits per heavy atom. The third kappa shape index (κ3) is 3.68. The minimum atomic E-state index is -0.179. The highest BCUT2D eigenvalue weighted by molar-refractivity contribution is 6.04. The largest absolute Gasteiger partial charge is 0.378 e. The molecule has 6 nitrogen and oxygen atoms in total. The molecule has 1 N–H and O–H groups in total. The van der Waals surface area contributed by atoms with E-state index in [4.69, 9.17) is 0 Å². The van der Waals surface area contributed by atoms with E-state index in [-0.39, 0.29) is 5.91 Å². The lowest BCUT2D eigenvalue weighted by molar-refractivity contribution is 0.102. The third-order valence-corrected chi connectivity index (χ3v) is 2.94. The predicted molar refractivity (Wildman–Crippen MR) is 85.1 cm³/mol. The molecule has 0 aliphatic carbocycles.